The van der Waals surface area contributed by atoms with Gasteiger partial charge in [-0.05, 0) is 134 Å². The summed E-state index contributed by atoms with van der Waals surface area (Å²) in [4.78, 5) is 91.0. The average Bonchev–Trinajstić information content (AvgIpc) is 0.730. The molecule has 1 atom stereocenters. The number of ether oxygens (including phenoxy) is 3. The molecule has 2 spiro atoms. The third-order valence-corrected chi connectivity index (χ3v) is 23.5. The first-order valence-corrected chi connectivity index (χ1v) is 40.5. The number of likely N-dealkylation sites (tertiary alicyclic amines) is 2. The number of carbonyl (C=O) groups is 3. The number of hydrogen-bond donors (Lipinski definition) is 3. The smallest absolute Gasteiger partial charge is 0.318 e. The summed E-state index contributed by atoms with van der Waals surface area (Å²) in [7, 11) is 12.2. The van der Waals surface area contributed by atoms with Crippen LogP contribution in [0.4, 0.5) is 34.5 Å². The van der Waals surface area contributed by atoms with Crippen LogP contribution in [-0.2, 0) is 53.3 Å². The topological polar surface area (TPSA) is 256 Å². The zero-order valence-electron chi connectivity index (χ0n) is 68.0. The van der Waals surface area contributed by atoms with Gasteiger partial charge in [0, 0.05) is 197 Å². The number of phenolic OH excluding ortho intramolecular Hbond substituents is 3. The zero-order valence-corrected chi connectivity index (χ0v) is 68.0. The average molecular weight is 1570 g/mol. The highest BCUT2D eigenvalue weighted by molar-refractivity contribution is 5.98. The highest BCUT2D eigenvalue weighted by atomic mass is 16.5. The summed E-state index contributed by atoms with van der Waals surface area (Å²) in [6, 6.07) is 36.6. The van der Waals surface area contributed by atoms with Gasteiger partial charge in [0.15, 0.2) is 0 Å². The maximum absolute atomic E-state index is 12.1. The number of likely N-dealkylation sites (N-methyl/N-ethyl adjacent to an activating group) is 1. The lowest BCUT2D eigenvalue weighted by Crippen LogP contribution is -2.73. The summed E-state index contributed by atoms with van der Waals surface area (Å²) < 4.78 is 18.3. The second-order valence-corrected chi connectivity index (χ2v) is 33.0. The van der Waals surface area contributed by atoms with Gasteiger partial charge in [0.05, 0.1) is 43.3 Å². The molecule has 27 heteroatoms. The summed E-state index contributed by atoms with van der Waals surface area (Å²) >= 11 is 0. The first-order valence-electron chi connectivity index (χ1n) is 40.5. The molecule has 9 aromatic rings. The lowest BCUT2D eigenvalue weighted by molar-refractivity contribution is -0.140. The van der Waals surface area contributed by atoms with E-state index in [0.717, 1.165) is 213 Å². The summed E-state index contributed by atoms with van der Waals surface area (Å²) in [6.45, 7) is 30.0. The van der Waals surface area contributed by atoms with E-state index in [-0.39, 0.29) is 51.9 Å². The molecular formula is C89H108N18O9. The normalized spacial score (nSPS) is 17.3. The molecule has 116 heavy (non-hydrogen) atoms. The van der Waals surface area contributed by atoms with Crippen molar-refractivity contribution in [3.05, 3.63) is 181 Å². The molecule has 3 N–H and O–H groups in total. The fraction of sp³-hybridized carbons (Fsp3) is 0.427. The maximum atomic E-state index is 12.1. The molecule has 27 nitrogen and oxygen atoms in total. The van der Waals surface area contributed by atoms with Crippen molar-refractivity contribution in [2.24, 2.45) is 10.8 Å². The molecule has 3 aromatic heterocycles. The fourth-order valence-corrected chi connectivity index (χ4v) is 17.5. The highest BCUT2D eigenvalue weighted by Crippen LogP contribution is 2.47. The van der Waals surface area contributed by atoms with E-state index in [9.17, 15) is 29.7 Å². The predicted molar refractivity (Wildman–Crippen MR) is 455 cm³/mol. The van der Waals surface area contributed by atoms with Crippen molar-refractivity contribution >= 4 is 84.6 Å². The van der Waals surface area contributed by atoms with Gasteiger partial charge in [-0.25, -0.2) is 0 Å². The molecular weight excluding hydrogens is 1470 g/mol. The molecule has 6 aromatic carbocycles. The minimum atomic E-state index is -0.0351. The number of anilines is 6. The molecule has 5 fully saturated rings. The van der Waals surface area contributed by atoms with Gasteiger partial charge in [-0.3, -0.25) is 14.4 Å². The van der Waals surface area contributed by atoms with E-state index < -0.39 is 0 Å². The lowest BCUT2D eigenvalue weighted by Gasteiger charge is -2.60. The van der Waals surface area contributed by atoms with E-state index in [2.05, 4.69) is 117 Å². The van der Waals surface area contributed by atoms with Crippen LogP contribution >= 0.6 is 0 Å². The van der Waals surface area contributed by atoms with Crippen LogP contribution in [0.25, 0.3) is 32.3 Å². The second kappa shape index (κ2) is 34.1. The van der Waals surface area contributed by atoms with Crippen LogP contribution in [0.1, 0.15) is 53.5 Å². The van der Waals surface area contributed by atoms with Crippen LogP contribution in [-0.4, -0.2) is 272 Å². The Labute approximate surface area is 678 Å². The Morgan fingerprint density at radius 2 is 0.793 bits per heavy atom. The number of fused-ring (bicyclic) bond motifs is 6. The maximum Gasteiger partial charge on any atom is 0.318 e. The van der Waals surface area contributed by atoms with E-state index in [0.29, 0.717) is 77.1 Å². The fourth-order valence-electron chi connectivity index (χ4n) is 17.5. The Morgan fingerprint density at radius 1 is 0.431 bits per heavy atom. The van der Waals surface area contributed by atoms with Crippen molar-refractivity contribution in [2.45, 2.75) is 64.8 Å². The number of hydrogen-bond acceptors (Lipinski definition) is 24. The van der Waals surface area contributed by atoms with Gasteiger partial charge in [-0.1, -0.05) is 92.5 Å². The van der Waals surface area contributed by atoms with Crippen molar-refractivity contribution in [2.75, 3.05) is 203 Å². The van der Waals surface area contributed by atoms with Gasteiger partial charge in [0.2, 0.25) is 17.7 Å². The van der Waals surface area contributed by atoms with Gasteiger partial charge in [0.25, 0.3) is 0 Å². The quantitative estimate of drug-likeness (QED) is 0.0398. The van der Waals surface area contributed by atoms with E-state index in [1.165, 1.54) is 29.4 Å². The number of amides is 3. The number of aromatic nitrogens is 6. The van der Waals surface area contributed by atoms with Crippen molar-refractivity contribution < 1.29 is 43.9 Å². The van der Waals surface area contributed by atoms with Crippen LogP contribution in [0.5, 0.6) is 35.3 Å². The minimum Gasteiger partial charge on any atom is -0.508 e. The van der Waals surface area contributed by atoms with E-state index in [4.69, 9.17) is 44.1 Å². The highest BCUT2D eigenvalue weighted by Gasteiger charge is 2.55. The predicted octanol–water partition coefficient (Wildman–Crippen LogP) is 9.19. The molecule has 5 saturated heterocycles. The Morgan fingerprint density at radius 3 is 1.19 bits per heavy atom. The van der Waals surface area contributed by atoms with Crippen molar-refractivity contribution in [1.82, 2.24) is 59.3 Å². The Balaban J connectivity index is 0.000000137. The van der Waals surface area contributed by atoms with Gasteiger partial charge in [-0.15, -0.1) is 0 Å². The third-order valence-electron chi connectivity index (χ3n) is 23.5. The summed E-state index contributed by atoms with van der Waals surface area (Å²) in [5.74, 6) is 3.57. The van der Waals surface area contributed by atoms with Crippen LogP contribution in [0.15, 0.2) is 147 Å². The number of phenols is 3. The minimum absolute atomic E-state index is 0.00429. The summed E-state index contributed by atoms with van der Waals surface area (Å²) in [6.07, 6.45) is 8.28. The van der Waals surface area contributed by atoms with Crippen molar-refractivity contribution in [3.8, 4) is 35.3 Å². The first-order chi connectivity index (χ1) is 56.0. The largest absolute Gasteiger partial charge is 0.508 e. The number of nitrogens with zero attached hydrogens (tertiary/aromatic N) is 18. The Bertz CT molecular complexity index is 5160. The Kier molecular flexibility index (Phi) is 23.4. The number of benzene rings is 6. The van der Waals surface area contributed by atoms with Crippen LogP contribution in [0, 0.1) is 10.8 Å². The summed E-state index contributed by atoms with van der Waals surface area (Å²) in [5.41, 5.74) is 9.64. The number of carbonyl (C=O) groups excluding carboxylic acids is 3. The zero-order chi connectivity index (χ0) is 81.1. The molecule has 3 amide bonds. The number of rotatable bonds is 23. The number of aromatic hydroxyl groups is 3. The number of piperazine rings is 1. The molecule has 608 valence electrons. The molecule has 8 aliphatic heterocycles. The molecule has 0 saturated carbocycles. The van der Waals surface area contributed by atoms with Crippen LogP contribution in [0.2, 0.25) is 0 Å². The van der Waals surface area contributed by atoms with Crippen molar-refractivity contribution in [3.63, 3.8) is 0 Å². The van der Waals surface area contributed by atoms with E-state index >= 15 is 0 Å². The van der Waals surface area contributed by atoms with Crippen molar-refractivity contribution in [1.29, 1.82) is 0 Å². The van der Waals surface area contributed by atoms with E-state index in [1.54, 1.807) is 18.2 Å². The van der Waals surface area contributed by atoms with Gasteiger partial charge >= 0.3 is 18.0 Å². The molecule has 1 unspecified atom stereocenters. The Hall–Kier alpha value is -11.6. The SMILES string of the molecule is C=CC(=O)N1CC2(C1)CN(c1nc(OCCCN(C)C)nc3c1CCN(c1cc(O)cc4ccccc14)C3)C2.C=CC(=O)N1CC2(C1)CN(c1nc(OCCN(C)C)nc3c1CCN(c1cc(O)cc4ccccc14)C3)C2.C=CC(=O)N1CCN(c2nc(OC(C)CCN(C)C)nc3c2CCN(c2cc(O)cc4ccccc24)C3)CC1. The van der Waals surface area contributed by atoms with E-state index in [1.807, 2.05) is 102 Å². The second-order valence-electron chi connectivity index (χ2n) is 33.0. The van der Waals surface area contributed by atoms with Gasteiger partial charge in [0.1, 0.15) is 47.4 Å². The molecule has 0 bridgehead atoms. The third kappa shape index (κ3) is 17.4. The van der Waals surface area contributed by atoms with Crippen LogP contribution < -0.4 is 43.6 Å². The first kappa shape index (κ1) is 79.7. The van der Waals surface area contributed by atoms with Gasteiger partial charge < -0.3 is 88.3 Å². The molecule has 0 radical (unpaired) electrons. The molecule has 8 aliphatic rings. The summed E-state index contributed by atoms with van der Waals surface area (Å²) in [5, 5.41) is 37.7. The van der Waals surface area contributed by atoms with Gasteiger partial charge in [-0.2, -0.15) is 29.9 Å². The monoisotopic (exact) mass is 1570 g/mol. The standard InChI is InChI=1S/C30H36N6O3.C30H38N6O3.C29H34N6O3/c1-4-27(38)35-17-30(18-35)19-36(20-30)28-24-10-12-34(26-15-22(37)14-21-8-5-6-9-23(21)26)16-25(24)31-29(32-28)39-13-7-11-33(2)3;1-5-28(38)34-14-16-35(17-15-34)29-25-11-13-36(27-19-23(37)18-22-8-6-7-9-24(22)27)20-26(25)31-30(32-29)39-21(2)10-12-33(3)4;1-4-26(37)34-16-29(17-34)18-35(19-29)27-23-9-10-33(15-24(23)30-28(31-27)38-12-11-32(2)3)25-14-21(36)13-20-7-5-6-8-22(20)25/h4-6,8-9,14-15,37H,1,7,10-13,16-20H2,2-3H3;5-9,18-19,21,37H,1,10-17,20H2,2-4H3;4-8,13-14,36H,1,9-12,15-19H2,2-3H3. The van der Waals surface area contributed by atoms with Crippen LogP contribution in [0.3, 0.4) is 0 Å². The lowest BCUT2D eigenvalue weighted by atomic mass is 9.72. The molecule has 0 aliphatic carbocycles. The molecule has 17 rings (SSSR count). The molecule has 11 heterocycles.